The van der Waals surface area contributed by atoms with Crippen molar-refractivity contribution in [2.75, 3.05) is 5.32 Å². The Morgan fingerprint density at radius 1 is 1.70 bits per heavy atom. The Balaban J connectivity index is 2.39. The summed E-state index contributed by atoms with van der Waals surface area (Å²) in [6.07, 6.45) is 2.12. The molecule has 0 aliphatic carbocycles. The van der Waals surface area contributed by atoms with Crippen molar-refractivity contribution in [1.29, 1.82) is 0 Å². The van der Waals surface area contributed by atoms with Gasteiger partial charge in [-0.25, -0.2) is 0 Å². The van der Waals surface area contributed by atoms with Gasteiger partial charge in [-0.3, -0.25) is 14.7 Å². The van der Waals surface area contributed by atoms with Crippen molar-refractivity contribution in [2.24, 2.45) is 0 Å². The number of nitrogens with one attached hydrogen (secondary N) is 1. The number of carbonyl (C=O) groups is 1. The third-order valence-electron chi connectivity index (χ3n) is 1.45. The Hall–Kier alpha value is -1.39. The van der Waals surface area contributed by atoms with Crippen molar-refractivity contribution < 1.29 is 4.79 Å². The molecule has 0 atom stereocenters. The van der Waals surface area contributed by atoms with Gasteiger partial charge in [-0.15, -0.1) is 10.2 Å². The maximum Gasteiger partial charge on any atom is 0.231 e. The van der Waals surface area contributed by atoms with Crippen LogP contribution in [-0.2, 0) is 11.3 Å². The molecule has 0 saturated heterocycles. The lowest BCUT2D eigenvalue weighted by Gasteiger charge is -2.11. The number of anilines is 1. The molecule has 0 radical (unpaired) electrons. The minimum Gasteiger partial charge on any atom is -0.299 e. The molecule has 1 aliphatic rings. The second-order valence-corrected chi connectivity index (χ2v) is 2.15. The zero-order valence-electron chi connectivity index (χ0n) is 5.24. The summed E-state index contributed by atoms with van der Waals surface area (Å²) in [5.41, 5.74) is 0. The molecule has 1 aromatic heterocycles. The molecule has 10 heavy (non-hydrogen) atoms. The second-order valence-electron chi connectivity index (χ2n) is 2.15. The number of aryl methyl sites for hydroxylation is 1. The lowest BCUT2D eigenvalue weighted by atomic mass is 10.3. The summed E-state index contributed by atoms with van der Waals surface area (Å²) < 4.78 is 1.81. The van der Waals surface area contributed by atoms with Crippen LogP contribution in [0.1, 0.15) is 6.42 Å². The number of rotatable bonds is 0. The van der Waals surface area contributed by atoms with E-state index in [1.54, 1.807) is 10.9 Å². The van der Waals surface area contributed by atoms with E-state index in [0.29, 0.717) is 18.9 Å². The Labute approximate surface area is 57.1 Å². The van der Waals surface area contributed by atoms with E-state index in [1.165, 1.54) is 0 Å². The highest BCUT2D eigenvalue weighted by molar-refractivity contribution is 5.89. The van der Waals surface area contributed by atoms with E-state index in [4.69, 9.17) is 0 Å². The van der Waals surface area contributed by atoms with Gasteiger partial charge in [0.05, 0.1) is 0 Å². The number of nitrogens with zero attached hydrogens (tertiary/aromatic N) is 3. The fourth-order valence-corrected chi connectivity index (χ4v) is 0.925. The Bertz CT molecular complexity index is 266. The van der Waals surface area contributed by atoms with Gasteiger partial charge in [0.25, 0.3) is 0 Å². The summed E-state index contributed by atoms with van der Waals surface area (Å²) >= 11 is 0. The molecule has 2 rings (SSSR count). The summed E-state index contributed by atoms with van der Waals surface area (Å²) in [5, 5.41) is 9.91. The van der Waals surface area contributed by atoms with Crippen LogP contribution in [0.4, 0.5) is 5.95 Å². The van der Waals surface area contributed by atoms with Crippen molar-refractivity contribution in [3.8, 4) is 0 Å². The van der Waals surface area contributed by atoms with Gasteiger partial charge in [-0.05, 0) is 0 Å². The normalized spacial score (nSPS) is 16.2. The number of amides is 1. The molecule has 0 fully saturated rings. The van der Waals surface area contributed by atoms with E-state index in [0.717, 1.165) is 0 Å². The quantitative estimate of drug-likeness (QED) is 0.531. The molecular weight excluding hydrogens is 132 g/mol. The highest BCUT2D eigenvalue weighted by Crippen LogP contribution is 2.08. The van der Waals surface area contributed by atoms with Crippen LogP contribution in [0.2, 0.25) is 0 Å². The van der Waals surface area contributed by atoms with Crippen LogP contribution in [-0.4, -0.2) is 20.7 Å². The van der Waals surface area contributed by atoms with Crippen LogP contribution >= 0.6 is 0 Å². The van der Waals surface area contributed by atoms with E-state index in [9.17, 15) is 4.79 Å². The van der Waals surface area contributed by atoms with Crippen LogP contribution in [0.25, 0.3) is 0 Å². The van der Waals surface area contributed by atoms with Gasteiger partial charge in [0.15, 0.2) is 0 Å². The minimum absolute atomic E-state index is 0.0144. The van der Waals surface area contributed by atoms with Gasteiger partial charge in [-0.1, -0.05) is 0 Å². The molecule has 0 saturated carbocycles. The van der Waals surface area contributed by atoms with Gasteiger partial charge in [-0.2, -0.15) is 0 Å². The first-order valence-corrected chi connectivity index (χ1v) is 3.04. The van der Waals surface area contributed by atoms with Crippen molar-refractivity contribution in [2.45, 2.75) is 13.0 Å². The molecular formula is C5H6N4O. The minimum atomic E-state index is 0.0144. The second kappa shape index (κ2) is 1.80. The molecule has 1 aliphatic heterocycles. The third kappa shape index (κ3) is 0.671. The van der Waals surface area contributed by atoms with Crippen LogP contribution in [0.15, 0.2) is 6.33 Å². The largest absolute Gasteiger partial charge is 0.299 e. The lowest BCUT2D eigenvalue weighted by molar-refractivity contribution is -0.116. The fourth-order valence-electron chi connectivity index (χ4n) is 0.925. The highest BCUT2D eigenvalue weighted by atomic mass is 16.1. The van der Waals surface area contributed by atoms with Crippen molar-refractivity contribution in [3.05, 3.63) is 6.33 Å². The van der Waals surface area contributed by atoms with Gasteiger partial charge in [0.1, 0.15) is 6.33 Å². The maximum atomic E-state index is 10.7. The highest BCUT2D eigenvalue weighted by Gasteiger charge is 2.14. The average molecular weight is 138 g/mol. The number of carbonyl (C=O) groups excluding carboxylic acids is 1. The lowest BCUT2D eigenvalue weighted by Crippen LogP contribution is -2.22. The molecule has 2 heterocycles. The van der Waals surface area contributed by atoms with Gasteiger partial charge >= 0.3 is 0 Å². The molecule has 1 aromatic rings. The van der Waals surface area contributed by atoms with E-state index < -0.39 is 0 Å². The van der Waals surface area contributed by atoms with Crippen LogP contribution < -0.4 is 5.32 Å². The molecule has 52 valence electrons. The zero-order chi connectivity index (χ0) is 6.97. The zero-order valence-corrected chi connectivity index (χ0v) is 5.24. The van der Waals surface area contributed by atoms with E-state index in [1.807, 2.05) is 0 Å². The summed E-state index contributed by atoms with van der Waals surface area (Å²) in [6.45, 7) is 0.689. The summed E-state index contributed by atoms with van der Waals surface area (Å²) in [6, 6.07) is 0. The van der Waals surface area contributed by atoms with Gasteiger partial charge in [0.2, 0.25) is 11.9 Å². The molecule has 0 unspecified atom stereocenters. The predicted octanol–water partition coefficient (Wildman–Crippen LogP) is -0.380. The Morgan fingerprint density at radius 2 is 2.60 bits per heavy atom. The predicted molar refractivity (Wildman–Crippen MR) is 33.3 cm³/mol. The molecule has 0 spiro atoms. The van der Waals surface area contributed by atoms with Crippen LogP contribution in [0.3, 0.4) is 0 Å². The number of hydrogen-bond donors (Lipinski definition) is 1. The molecule has 5 nitrogen and oxygen atoms in total. The Morgan fingerprint density at radius 3 is 3.50 bits per heavy atom. The summed E-state index contributed by atoms with van der Waals surface area (Å²) in [7, 11) is 0. The molecule has 0 aromatic carbocycles. The third-order valence-corrected chi connectivity index (χ3v) is 1.45. The number of aromatic nitrogens is 3. The van der Waals surface area contributed by atoms with Gasteiger partial charge < -0.3 is 0 Å². The van der Waals surface area contributed by atoms with Gasteiger partial charge in [0, 0.05) is 13.0 Å². The van der Waals surface area contributed by atoms with Crippen LogP contribution in [0, 0.1) is 0 Å². The standard InChI is InChI=1S/C5H6N4O/c10-4-1-2-9-3-6-8-5(9)7-4/h3H,1-2H2,(H,7,8,10). The van der Waals surface area contributed by atoms with E-state index in [-0.39, 0.29) is 5.91 Å². The number of hydrogen-bond acceptors (Lipinski definition) is 3. The fraction of sp³-hybridized carbons (Fsp3) is 0.400. The molecule has 1 N–H and O–H groups in total. The maximum absolute atomic E-state index is 10.7. The smallest absolute Gasteiger partial charge is 0.231 e. The molecule has 1 amide bonds. The van der Waals surface area contributed by atoms with Crippen molar-refractivity contribution in [1.82, 2.24) is 14.8 Å². The Kier molecular flexibility index (Phi) is 0.969. The first-order valence-electron chi connectivity index (χ1n) is 3.04. The summed E-state index contributed by atoms with van der Waals surface area (Å²) in [4.78, 5) is 10.7. The van der Waals surface area contributed by atoms with Crippen molar-refractivity contribution in [3.63, 3.8) is 0 Å². The topological polar surface area (TPSA) is 59.8 Å². The van der Waals surface area contributed by atoms with E-state index in [2.05, 4.69) is 15.5 Å². The van der Waals surface area contributed by atoms with E-state index >= 15 is 0 Å². The molecule has 0 bridgehead atoms. The average Bonchev–Trinajstić information content (AvgIpc) is 2.33. The first kappa shape index (κ1) is 5.40. The first-order chi connectivity index (χ1) is 4.86. The number of fused-ring (bicyclic) bond motifs is 1. The van der Waals surface area contributed by atoms with Crippen LogP contribution in [0.5, 0.6) is 0 Å². The summed E-state index contributed by atoms with van der Waals surface area (Å²) in [5.74, 6) is 0.566. The van der Waals surface area contributed by atoms with Crippen molar-refractivity contribution >= 4 is 11.9 Å². The SMILES string of the molecule is O=C1CCn2cnnc2N1. The molecule has 5 heteroatoms. The monoisotopic (exact) mass is 138 g/mol.